The molecule has 1 amide bonds. The summed E-state index contributed by atoms with van der Waals surface area (Å²) in [7, 11) is 0. The van der Waals surface area contributed by atoms with E-state index in [1.807, 2.05) is 12.1 Å². The van der Waals surface area contributed by atoms with Gasteiger partial charge in [0.2, 0.25) is 0 Å². The number of aromatic hydroxyl groups is 1. The number of hydrogen-bond donors (Lipinski definition) is 2. The summed E-state index contributed by atoms with van der Waals surface area (Å²) in [6, 6.07) is 5.85. The molecule has 170 valence electrons. The number of rotatable bonds is 3. The van der Waals surface area contributed by atoms with Gasteiger partial charge in [-0.15, -0.1) is 0 Å². The molecule has 0 aliphatic heterocycles. The van der Waals surface area contributed by atoms with Gasteiger partial charge in [-0.2, -0.15) is 0 Å². The second-order valence-electron chi connectivity index (χ2n) is 10.8. The minimum Gasteiger partial charge on any atom is -0.508 e. The Kier molecular flexibility index (Phi) is 5.69. The van der Waals surface area contributed by atoms with E-state index in [4.69, 9.17) is 9.47 Å². The molecular formula is C25H35NO5. The molecule has 4 rings (SSSR count). The van der Waals surface area contributed by atoms with Crippen LogP contribution in [0.5, 0.6) is 5.75 Å². The van der Waals surface area contributed by atoms with E-state index in [2.05, 4.69) is 18.3 Å². The van der Waals surface area contributed by atoms with Crippen molar-refractivity contribution >= 4 is 12.1 Å². The quantitative estimate of drug-likeness (QED) is 0.681. The van der Waals surface area contributed by atoms with Crippen molar-refractivity contribution in [2.24, 2.45) is 17.3 Å². The smallest absolute Gasteiger partial charge is 0.408 e. The number of fused-ring (bicyclic) bond motifs is 5. The number of esters is 1. The van der Waals surface area contributed by atoms with E-state index in [0.29, 0.717) is 23.5 Å². The van der Waals surface area contributed by atoms with Crippen LogP contribution in [0.1, 0.15) is 76.8 Å². The van der Waals surface area contributed by atoms with Gasteiger partial charge in [0.1, 0.15) is 24.0 Å². The van der Waals surface area contributed by atoms with Crippen molar-refractivity contribution < 1.29 is 24.2 Å². The van der Waals surface area contributed by atoms with Gasteiger partial charge in [0.25, 0.3) is 0 Å². The van der Waals surface area contributed by atoms with Crippen LogP contribution < -0.4 is 5.32 Å². The van der Waals surface area contributed by atoms with Crippen molar-refractivity contribution in [3.8, 4) is 5.75 Å². The molecule has 5 atom stereocenters. The van der Waals surface area contributed by atoms with Crippen molar-refractivity contribution in [1.82, 2.24) is 5.32 Å². The molecule has 6 heteroatoms. The Labute approximate surface area is 184 Å². The van der Waals surface area contributed by atoms with Gasteiger partial charge < -0.3 is 19.9 Å². The number of hydrogen-bond acceptors (Lipinski definition) is 5. The first kappa shape index (κ1) is 22.0. The highest BCUT2D eigenvalue weighted by Gasteiger charge is 2.56. The first-order valence-corrected chi connectivity index (χ1v) is 11.5. The molecule has 31 heavy (non-hydrogen) atoms. The maximum atomic E-state index is 12.4. The van der Waals surface area contributed by atoms with Crippen molar-refractivity contribution in [2.75, 3.05) is 6.54 Å². The van der Waals surface area contributed by atoms with Gasteiger partial charge in [-0.1, -0.05) is 13.0 Å². The summed E-state index contributed by atoms with van der Waals surface area (Å²) in [5, 5.41) is 12.3. The second kappa shape index (κ2) is 8.03. The third-order valence-corrected chi connectivity index (χ3v) is 7.67. The normalized spacial score (nSPS) is 31.7. The average Bonchev–Trinajstić information content (AvgIpc) is 3.01. The summed E-state index contributed by atoms with van der Waals surface area (Å²) in [5.41, 5.74) is 2.07. The number of phenols is 1. The Morgan fingerprint density at radius 1 is 1.19 bits per heavy atom. The maximum Gasteiger partial charge on any atom is 0.408 e. The molecule has 0 radical (unpaired) electrons. The molecule has 0 bridgehead atoms. The van der Waals surface area contributed by atoms with E-state index < -0.39 is 17.7 Å². The van der Waals surface area contributed by atoms with Crippen LogP contribution in [0.2, 0.25) is 0 Å². The first-order chi connectivity index (χ1) is 14.6. The number of alkyl carbamates (subject to hydrolysis) is 1. The first-order valence-electron chi connectivity index (χ1n) is 11.5. The zero-order chi connectivity index (χ0) is 22.4. The molecule has 0 heterocycles. The molecule has 2 fully saturated rings. The van der Waals surface area contributed by atoms with E-state index in [-0.39, 0.29) is 18.1 Å². The van der Waals surface area contributed by atoms with E-state index in [1.54, 1.807) is 20.8 Å². The van der Waals surface area contributed by atoms with Crippen molar-refractivity contribution in [1.29, 1.82) is 0 Å². The van der Waals surface area contributed by atoms with Gasteiger partial charge in [0.15, 0.2) is 0 Å². The van der Waals surface area contributed by atoms with Gasteiger partial charge in [-0.3, -0.25) is 4.79 Å². The number of benzene rings is 1. The number of nitrogens with one attached hydrogen (secondary N) is 1. The highest BCUT2D eigenvalue weighted by atomic mass is 16.6. The number of amides is 1. The highest BCUT2D eigenvalue weighted by molar-refractivity contribution is 5.78. The minimum absolute atomic E-state index is 0.0167. The molecule has 2 saturated carbocycles. The molecule has 3 aliphatic rings. The third-order valence-electron chi connectivity index (χ3n) is 7.67. The molecule has 0 aromatic heterocycles. The minimum atomic E-state index is -0.604. The second-order valence-corrected chi connectivity index (χ2v) is 10.8. The Morgan fingerprint density at radius 3 is 2.71 bits per heavy atom. The van der Waals surface area contributed by atoms with E-state index >= 15 is 0 Å². The highest BCUT2D eigenvalue weighted by Crippen LogP contribution is 2.61. The molecule has 6 nitrogen and oxygen atoms in total. The van der Waals surface area contributed by atoms with Crippen molar-refractivity contribution in [3.63, 3.8) is 0 Å². The molecule has 1 aromatic carbocycles. The van der Waals surface area contributed by atoms with E-state index in [9.17, 15) is 14.7 Å². The molecule has 3 aliphatic carbocycles. The van der Waals surface area contributed by atoms with Gasteiger partial charge in [-0.05, 0) is 100 Å². The summed E-state index contributed by atoms with van der Waals surface area (Å²) >= 11 is 0. The van der Waals surface area contributed by atoms with Crippen LogP contribution in [0.25, 0.3) is 0 Å². The third kappa shape index (κ3) is 4.39. The Bertz CT molecular complexity index is 860. The zero-order valence-corrected chi connectivity index (χ0v) is 19.1. The lowest BCUT2D eigenvalue weighted by atomic mass is 9.55. The standard InChI is InChI=1S/C25H35NO5/c1-24(2,3)31-23(29)26-14-22(28)30-21-10-9-20-19-7-5-15-13-16(27)6-8-17(15)18(19)11-12-25(20,21)4/h6,8,13,18-21,27H,5,7,9-12,14H2,1-4H3,(H,26,29)/t18?,19?,20?,21-,25-/m0/s1. The number of aryl methyl sites for hydroxylation is 1. The Morgan fingerprint density at radius 2 is 1.97 bits per heavy atom. The predicted molar refractivity (Wildman–Crippen MR) is 117 cm³/mol. The van der Waals surface area contributed by atoms with Crippen LogP contribution in [-0.2, 0) is 20.7 Å². The number of carbonyl (C=O) groups excluding carboxylic acids is 2. The maximum absolute atomic E-state index is 12.4. The fourth-order valence-corrected chi connectivity index (χ4v) is 6.37. The molecule has 0 spiro atoms. The van der Waals surface area contributed by atoms with Crippen LogP contribution in [0.3, 0.4) is 0 Å². The van der Waals surface area contributed by atoms with E-state index in [0.717, 1.165) is 38.5 Å². The van der Waals surface area contributed by atoms with Gasteiger partial charge in [0.05, 0.1) is 0 Å². The predicted octanol–water partition coefficient (Wildman–Crippen LogP) is 4.68. The average molecular weight is 430 g/mol. The summed E-state index contributed by atoms with van der Waals surface area (Å²) in [4.78, 5) is 24.3. The molecule has 0 saturated heterocycles. The van der Waals surface area contributed by atoms with Gasteiger partial charge in [0, 0.05) is 5.41 Å². The zero-order valence-electron chi connectivity index (χ0n) is 19.1. The van der Waals surface area contributed by atoms with Crippen LogP contribution in [-0.4, -0.2) is 35.4 Å². The van der Waals surface area contributed by atoms with Crippen molar-refractivity contribution in [3.05, 3.63) is 29.3 Å². The fraction of sp³-hybridized carbons (Fsp3) is 0.680. The fourth-order valence-electron chi connectivity index (χ4n) is 6.37. The summed E-state index contributed by atoms with van der Waals surface area (Å²) in [6.45, 7) is 7.47. The van der Waals surface area contributed by atoms with Crippen molar-refractivity contribution in [2.45, 2.75) is 83.8 Å². The van der Waals surface area contributed by atoms with Gasteiger partial charge >= 0.3 is 12.1 Å². The SMILES string of the molecule is CC(C)(C)OC(=O)NCC(=O)O[C@H]1CCC2C3CCc4cc(O)ccc4C3CC[C@@]21C. The molecular weight excluding hydrogens is 394 g/mol. The van der Waals surface area contributed by atoms with Crippen LogP contribution >= 0.6 is 0 Å². The Hall–Kier alpha value is -2.24. The monoisotopic (exact) mass is 429 g/mol. The summed E-state index contributed by atoms with van der Waals surface area (Å²) in [5.74, 6) is 1.62. The number of phenolic OH excluding ortho intramolecular Hbond substituents is 1. The lowest BCUT2D eigenvalue weighted by Crippen LogP contribution is -2.46. The van der Waals surface area contributed by atoms with Crippen LogP contribution in [0, 0.1) is 17.3 Å². The molecule has 3 unspecified atom stereocenters. The Balaban J connectivity index is 1.38. The van der Waals surface area contributed by atoms with Gasteiger partial charge in [-0.25, -0.2) is 4.79 Å². The lowest BCUT2D eigenvalue weighted by Gasteiger charge is -2.50. The van der Waals surface area contributed by atoms with Crippen LogP contribution in [0.4, 0.5) is 4.79 Å². The lowest BCUT2D eigenvalue weighted by molar-refractivity contribution is -0.156. The topological polar surface area (TPSA) is 84.9 Å². The molecule has 2 N–H and O–H groups in total. The summed E-state index contributed by atoms with van der Waals surface area (Å²) in [6.07, 6.45) is 5.48. The van der Waals surface area contributed by atoms with E-state index in [1.165, 1.54) is 11.1 Å². The largest absolute Gasteiger partial charge is 0.508 e. The number of carbonyl (C=O) groups is 2. The van der Waals surface area contributed by atoms with Crippen LogP contribution in [0.15, 0.2) is 18.2 Å². The number of ether oxygens (including phenoxy) is 2. The summed E-state index contributed by atoms with van der Waals surface area (Å²) < 4.78 is 11.1. The molecule has 1 aromatic rings.